The molecule has 8 rings (SSSR count). The number of rotatable bonds is 8. The predicted octanol–water partition coefficient (Wildman–Crippen LogP) is 7.20. The number of carbonyl (C=O) groups is 4. The molecule has 1 heterocycles. The highest BCUT2D eigenvalue weighted by molar-refractivity contribution is 6.32. The van der Waals surface area contributed by atoms with Gasteiger partial charge < -0.3 is 14.7 Å². The van der Waals surface area contributed by atoms with Crippen molar-refractivity contribution in [3.63, 3.8) is 0 Å². The second kappa shape index (κ2) is 14.3. The molecule has 0 aromatic heterocycles. The van der Waals surface area contributed by atoms with E-state index in [9.17, 15) is 48.1 Å². The molecular weight excluding hydrogens is 789 g/mol. The van der Waals surface area contributed by atoms with Crippen LogP contribution in [0.2, 0.25) is 0 Å². The molecule has 0 spiro atoms. The van der Waals surface area contributed by atoms with Crippen LogP contribution in [0.15, 0.2) is 109 Å². The number of hydrogen-bond donors (Lipinski definition) is 1. The topological polar surface area (TPSA) is 190 Å². The van der Waals surface area contributed by atoms with Crippen LogP contribution in [0.1, 0.15) is 35.4 Å². The fraction of sp³-hybridized carbons (Fsp3) is 0.256. The first-order valence-electron chi connectivity index (χ1n) is 18.7. The maximum Gasteiger partial charge on any atom is 0.573 e. The Balaban J connectivity index is 1.35. The zero-order valence-electron chi connectivity index (χ0n) is 31.7. The second-order valence-corrected chi connectivity index (χ2v) is 15.3. The molecule has 2 amide bonds. The molecule has 14 nitrogen and oxygen atoms in total. The molecule has 306 valence electrons. The van der Waals surface area contributed by atoms with E-state index in [0.29, 0.717) is 16.0 Å². The molecular formula is C43H33F3N4O10. The summed E-state index contributed by atoms with van der Waals surface area (Å²) >= 11 is 0. The average Bonchev–Trinajstić information content (AvgIpc) is 3.47. The van der Waals surface area contributed by atoms with Crippen molar-refractivity contribution in [1.82, 2.24) is 0 Å². The van der Waals surface area contributed by atoms with Crippen LogP contribution in [0, 0.1) is 43.9 Å². The van der Waals surface area contributed by atoms with Crippen molar-refractivity contribution in [1.29, 1.82) is 0 Å². The SMILES string of the molecule is CN(C)c1c([N+](=O)[O-])cc(N2C(=O)C3CC=C4C(CC5C(=O)C(c6ccccc6)=CC(=O)C5(c5ccccc5)C4c4cc(OC(F)(F)F)ccc4O)C3C2=O)cc1[N+](=O)[O-]. The molecule has 1 saturated heterocycles. The maximum atomic E-state index is 15.2. The number of anilines is 2. The van der Waals surface area contributed by atoms with Gasteiger partial charge in [0, 0.05) is 49.2 Å². The van der Waals surface area contributed by atoms with Crippen LogP contribution in [0.4, 0.5) is 35.9 Å². The lowest BCUT2D eigenvalue weighted by atomic mass is 9.44. The first kappa shape index (κ1) is 39.6. The molecule has 17 heteroatoms. The van der Waals surface area contributed by atoms with Crippen LogP contribution in [0.5, 0.6) is 11.5 Å². The number of allylic oxidation sites excluding steroid dienone is 4. The molecule has 2 fully saturated rings. The predicted molar refractivity (Wildman–Crippen MR) is 208 cm³/mol. The summed E-state index contributed by atoms with van der Waals surface area (Å²) in [6.45, 7) is 0. The number of nitrogens with zero attached hydrogens (tertiary/aromatic N) is 4. The van der Waals surface area contributed by atoms with Crippen LogP contribution < -0.4 is 14.5 Å². The fourth-order valence-corrected chi connectivity index (χ4v) is 9.89. The molecule has 0 bridgehead atoms. The summed E-state index contributed by atoms with van der Waals surface area (Å²) in [5.74, 6) is -10.4. The molecule has 6 atom stereocenters. The third-order valence-electron chi connectivity index (χ3n) is 12.1. The number of ether oxygens (including phenoxy) is 1. The lowest BCUT2D eigenvalue weighted by molar-refractivity contribution is -0.392. The number of carbonyl (C=O) groups excluding carboxylic acids is 4. The van der Waals surface area contributed by atoms with E-state index in [1.807, 2.05) is 0 Å². The van der Waals surface area contributed by atoms with E-state index in [-0.39, 0.29) is 35.2 Å². The van der Waals surface area contributed by atoms with Crippen LogP contribution >= 0.6 is 0 Å². The van der Waals surface area contributed by atoms with Gasteiger partial charge in [-0.1, -0.05) is 72.3 Å². The van der Waals surface area contributed by atoms with E-state index >= 15 is 9.59 Å². The van der Waals surface area contributed by atoms with Gasteiger partial charge in [0.05, 0.1) is 32.8 Å². The summed E-state index contributed by atoms with van der Waals surface area (Å²) in [5, 5.41) is 36.0. The number of alkyl halides is 3. The number of halogens is 3. The van der Waals surface area contributed by atoms with Gasteiger partial charge in [-0.3, -0.25) is 39.4 Å². The number of benzene rings is 4. The van der Waals surface area contributed by atoms with E-state index in [4.69, 9.17) is 0 Å². The molecule has 4 aliphatic rings. The van der Waals surface area contributed by atoms with Gasteiger partial charge in [-0.05, 0) is 54.2 Å². The van der Waals surface area contributed by atoms with Crippen LogP contribution in [0.3, 0.4) is 0 Å². The number of amides is 2. The molecule has 1 aliphatic heterocycles. The minimum Gasteiger partial charge on any atom is -0.508 e. The molecule has 1 N–H and O–H groups in total. The van der Waals surface area contributed by atoms with Gasteiger partial charge in [0.25, 0.3) is 0 Å². The zero-order chi connectivity index (χ0) is 43.0. The standard InChI is InChI=1S/C43H33F3N4O10/c1-47(2)38-32(49(56)57)17-24(18-33(38)50(58)59)48-40(54)27-15-14-26-29(36(27)41(48)55)20-31-39(53)28(22-9-5-3-6-10-22)21-35(52)42(31,23-11-7-4-8-12-23)37(26)30-19-25(13-16-34(30)51)60-43(44,45)46/h3-14,16-19,21,27,29,31,36-37,51H,15,20H2,1-2H3. The Hall–Kier alpha value is -7.17. The normalized spacial score (nSPS) is 24.8. The average molecular weight is 823 g/mol. The number of imide groups is 1. The van der Waals surface area contributed by atoms with Gasteiger partial charge >= 0.3 is 17.7 Å². The summed E-state index contributed by atoms with van der Waals surface area (Å²) in [6, 6.07) is 21.1. The highest BCUT2D eigenvalue weighted by atomic mass is 19.4. The lowest BCUT2D eigenvalue weighted by Crippen LogP contribution is -2.58. The van der Waals surface area contributed by atoms with Crippen LogP contribution in [-0.4, -0.2) is 58.8 Å². The first-order chi connectivity index (χ1) is 28.4. The molecule has 6 unspecified atom stereocenters. The summed E-state index contributed by atoms with van der Waals surface area (Å²) in [5.41, 5.74) is -3.36. The van der Waals surface area contributed by atoms with Crippen LogP contribution in [0.25, 0.3) is 5.57 Å². The summed E-state index contributed by atoms with van der Waals surface area (Å²) < 4.78 is 45.2. The third-order valence-corrected chi connectivity index (χ3v) is 12.1. The molecule has 3 aliphatic carbocycles. The van der Waals surface area contributed by atoms with Crippen molar-refractivity contribution in [2.75, 3.05) is 23.9 Å². The number of hydrogen-bond acceptors (Lipinski definition) is 11. The van der Waals surface area contributed by atoms with Gasteiger partial charge in [-0.25, -0.2) is 4.90 Å². The van der Waals surface area contributed by atoms with Crippen molar-refractivity contribution < 1.29 is 52.0 Å². The number of aromatic hydroxyl groups is 1. The molecule has 4 aromatic carbocycles. The Labute approximate surface area is 338 Å². The Bertz CT molecular complexity index is 2560. The Morgan fingerprint density at radius 2 is 1.47 bits per heavy atom. The van der Waals surface area contributed by atoms with E-state index in [2.05, 4.69) is 4.74 Å². The van der Waals surface area contributed by atoms with E-state index in [1.165, 1.54) is 20.2 Å². The second-order valence-electron chi connectivity index (χ2n) is 15.3. The molecule has 1 saturated carbocycles. The van der Waals surface area contributed by atoms with Gasteiger partial charge in [0.2, 0.25) is 11.8 Å². The fourth-order valence-electron chi connectivity index (χ4n) is 9.89. The smallest absolute Gasteiger partial charge is 0.508 e. The Morgan fingerprint density at radius 1 is 0.850 bits per heavy atom. The van der Waals surface area contributed by atoms with Crippen molar-refractivity contribution in [2.45, 2.75) is 30.5 Å². The number of fused-ring (bicyclic) bond motifs is 4. The lowest BCUT2D eigenvalue weighted by Gasteiger charge is -2.55. The van der Waals surface area contributed by atoms with Crippen molar-refractivity contribution in [2.24, 2.45) is 23.7 Å². The number of ketones is 2. The summed E-state index contributed by atoms with van der Waals surface area (Å²) in [4.78, 5) is 84.1. The number of phenolic OH excluding ortho intramolecular Hbond substituents is 1. The van der Waals surface area contributed by atoms with Crippen LogP contribution in [-0.2, 0) is 24.6 Å². The molecule has 0 radical (unpaired) electrons. The largest absolute Gasteiger partial charge is 0.573 e. The monoisotopic (exact) mass is 822 g/mol. The van der Waals surface area contributed by atoms with Crippen molar-refractivity contribution in [3.05, 3.63) is 146 Å². The highest BCUT2D eigenvalue weighted by Crippen LogP contribution is 2.65. The van der Waals surface area contributed by atoms with Gasteiger partial charge in [-0.15, -0.1) is 13.2 Å². The molecule has 4 aromatic rings. The third kappa shape index (κ3) is 6.10. The number of phenols is 1. The Kier molecular flexibility index (Phi) is 9.44. The van der Waals surface area contributed by atoms with Gasteiger partial charge in [-0.2, -0.15) is 0 Å². The minimum atomic E-state index is -5.15. The minimum absolute atomic E-state index is 0.0464. The van der Waals surface area contributed by atoms with E-state index in [1.54, 1.807) is 66.7 Å². The van der Waals surface area contributed by atoms with Gasteiger partial charge in [0.1, 0.15) is 11.5 Å². The molecule has 60 heavy (non-hydrogen) atoms. The van der Waals surface area contributed by atoms with E-state index in [0.717, 1.165) is 35.2 Å². The number of nitro groups is 2. The van der Waals surface area contributed by atoms with Crippen molar-refractivity contribution >= 4 is 51.7 Å². The zero-order valence-corrected chi connectivity index (χ0v) is 31.7. The highest BCUT2D eigenvalue weighted by Gasteiger charge is 2.66. The summed E-state index contributed by atoms with van der Waals surface area (Å²) in [7, 11) is 2.71. The maximum absolute atomic E-state index is 15.2. The summed E-state index contributed by atoms with van der Waals surface area (Å²) in [6.07, 6.45) is -2.75. The number of nitro benzene ring substituents is 2. The Morgan fingerprint density at radius 3 is 2.05 bits per heavy atom. The quantitative estimate of drug-likeness (QED) is 0.0818. The van der Waals surface area contributed by atoms with Gasteiger partial charge in [0.15, 0.2) is 17.3 Å². The van der Waals surface area contributed by atoms with E-state index < -0.39 is 103 Å². The van der Waals surface area contributed by atoms with Crippen molar-refractivity contribution in [3.8, 4) is 11.5 Å². The number of Topliss-reactive ketones (excluding diaryl/α,β-unsaturated/α-hetero) is 1. The first-order valence-corrected chi connectivity index (χ1v) is 18.7.